The van der Waals surface area contributed by atoms with E-state index in [-0.39, 0.29) is 12.2 Å². The summed E-state index contributed by atoms with van der Waals surface area (Å²) in [5.41, 5.74) is 4.08. The van der Waals surface area contributed by atoms with Crippen LogP contribution in [0.4, 0.5) is 5.82 Å². The van der Waals surface area contributed by atoms with Crippen LogP contribution in [0.3, 0.4) is 0 Å². The first-order chi connectivity index (χ1) is 15.9. The Kier molecular flexibility index (Phi) is 6.40. The van der Waals surface area contributed by atoms with Crippen molar-refractivity contribution in [3.8, 4) is 17.0 Å². The highest BCUT2D eigenvalue weighted by Gasteiger charge is 2.23. The molecule has 0 spiro atoms. The standard InChI is InChI=1S/C26H25N3O4/c1-16-12-21(33-17(16)2)14-23(26(31)32)29-25-22(13-18-6-4-3-5-7-18)28-24(15-27-25)19-8-10-20(30)11-9-19/h3-12,15,23,30H,13-14H2,1-2H3,(H,27,29)(H,31,32). The molecule has 33 heavy (non-hydrogen) atoms. The first kappa shape index (κ1) is 22.1. The van der Waals surface area contributed by atoms with Crippen molar-refractivity contribution in [2.45, 2.75) is 32.7 Å². The smallest absolute Gasteiger partial charge is 0.326 e. The van der Waals surface area contributed by atoms with E-state index in [4.69, 9.17) is 9.40 Å². The number of carboxylic acids is 1. The number of aromatic nitrogens is 2. The molecule has 7 heteroatoms. The van der Waals surface area contributed by atoms with Crippen LogP contribution in [0.25, 0.3) is 11.3 Å². The molecule has 0 fully saturated rings. The van der Waals surface area contributed by atoms with Crippen molar-refractivity contribution in [2.24, 2.45) is 0 Å². The predicted molar refractivity (Wildman–Crippen MR) is 125 cm³/mol. The summed E-state index contributed by atoms with van der Waals surface area (Å²) in [5.74, 6) is 0.952. The number of benzene rings is 2. The molecule has 2 aromatic carbocycles. The number of carbonyl (C=O) groups is 1. The normalized spacial score (nSPS) is 11.8. The zero-order valence-corrected chi connectivity index (χ0v) is 18.4. The first-order valence-corrected chi connectivity index (χ1v) is 10.6. The molecule has 0 aliphatic heterocycles. The molecule has 0 bridgehead atoms. The second kappa shape index (κ2) is 9.56. The van der Waals surface area contributed by atoms with Crippen LogP contribution in [0, 0.1) is 13.8 Å². The summed E-state index contributed by atoms with van der Waals surface area (Å²) in [6, 6.07) is 17.4. The van der Waals surface area contributed by atoms with E-state index in [0.717, 1.165) is 22.5 Å². The van der Waals surface area contributed by atoms with Gasteiger partial charge in [-0.3, -0.25) is 0 Å². The fourth-order valence-corrected chi connectivity index (χ4v) is 3.55. The van der Waals surface area contributed by atoms with Gasteiger partial charge in [-0.15, -0.1) is 0 Å². The summed E-state index contributed by atoms with van der Waals surface area (Å²) >= 11 is 0. The molecule has 168 valence electrons. The lowest BCUT2D eigenvalue weighted by molar-refractivity contribution is -0.138. The quantitative estimate of drug-likeness (QED) is 0.360. The first-order valence-electron chi connectivity index (χ1n) is 10.6. The Balaban J connectivity index is 1.67. The van der Waals surface area contributed by atoms with Crippen molar-refractivity contribution in [2.75, 3.05) is 5.32 Å². The van der Waals surface area contributed by atoms with E-state index < -0.39 is 12.0 Å². The van der Waals surface area contributed by atoms with E-state index in [1.807, 2.05) is 50.2 Å². The van der Waals surface area contributed by atoms with E-state index in [1.54, 1.807) is 30.5 Å². The topological polar surface area (TPSA) is 108 Å². The lowest BCUT2D eigenvalue weighted by atomic mass is 10.1. The van der Waals surface area contributed by atoms with Gasteiger partial charge in [0.15, 0.2) is 0 Å². The van der Waals surface area contributed by atoms with Gasteiger partial charge in [0.25, 0.3) is 0 Å². The van der Waals surface area contributed by atoms with Gasteiger partial charge >= 0.3 is 5.97 Å². The van der Waals surface area contributed by atoms with Gasteiger partial charge in [-0.1, -0.05) is 30.3 Å². The van der Waals surface area contributed by atoms with Crippen molar-refractivity contribution >= 4 is 11.8 Å². The van der Waals surface area contributed by atoms with Gasteiger partial charge < -0.3 is 19.9 Å². The Bertz CT molecular complexity index is 1230. The van der Waals surface area contributed by atoms with Crippen LogP contribution in [0.15, 0.2) is 71.3 Å². The number of aliphatic carboxylic acids is 1. The van der Waals surface area contributed by atoms with Crippen LogP contribution in [-0.2, 0) is 17.6 Å². The largest absolute Gasteiger partial charge is 0.508 e. The third-order valence-electron chi connectivity index (χ3n) is 5.45. The van der Waals surface area contributed by atoms with Crippen LogP contribution in [0.5, 0.6) is 5.75 Å². The molecule has 2 heterocycles. The van der Waals surface area contributed by atoms with Crippen LogP contribution in [0.2, 0.25) is 0 Å². The molecule has 0 radical (unpaired) electrons. The number of anilines is 1. The molecule has 2 aromatic heterocycles. The SMILES string of the molecule is Cc1cc(CC(Nc2ncc(-c3ccc(O)cc3)nc2Cc2ccccc2)C(=O)O)oc1C. The summed E-state index contributed by atoms with van der Waals surface area (Å²) in [5, 5.41) is 22.5. The van der Waals surface area contributed by atoms with Crippen molar-refractivity contribution in [1.29, 1.82) is 0 Å². The van der Waals surface area contributed by atoms with Gasteiger partial charge in [-0.05, 0) is 55.3 Å². The fraction of sp³-hybridized carbons (Fsp3) is 0.192. The van der Waals surface area contributed by atoms with Crippen LogP contribution < -0.4 is 5.32 Å². The van der Waals surface area contributed by atoms with Gasteiger partial charge in [0.2, 0.25) is 0 Å². The van der Waals surface area contributed by atoms with E-state index in [1.165, 1.54) is 0 Å². The van der Waals surface area contributed by atoms with Gasteiger partial charge in [-0.25, -0.2) is 14.8 Å². The molecule has 1 unspecified atom stereocenters. The van der Waals surface area contributed by atoms with Gasteiger partial charge in [0.05, 0.1) is 17.6 Å². The Morgan fingerprint density at radius 1 is 1.09 bits per heavy atom. The Morgan fingerprint density at radius 3 is 2.45 bits per heavy atom. The molecular formula is C26H25N3O4. The molecule has 0 aliphatic carbocycles. The zero-order valence-electron chi connectivity index (χ0n) is 18.4. The summed E-state index contributed by atoms with van der Waals surface area (Å²) in [6.07, 6.45) is 2.26. The number of rotatable bonds is 8. The zero-order chi connectivity index (χ0) is 23.4. The Hall–Kier alpha value is -4.13. The third-order valence-corrected chi connectivity index (χ3v) is 5.45. The molecule has 0 saturated heterocycles. The summed E-state index contributed by atoms with van der Waals surface area (Å²) in [4.78, 5) is 21.3. The van der Waals surface area contributed by atoms with E-state index in [0.29, 0.717) is 29.4 Å². The number of hydrogen-bond donors (Lipinski definition) is 3. The van der Waals surface area contributed by atoms with Crippen molar-refractivity contribution < 1.29 is 19.4 Å². The molecular weight excluding hydrogens is 418 g/mol. The molecule has 0 saturated carbocycles. The minimum atomic E-state index is -1.00. The van der Waals surface area contributed by atoms with Crippen LogP contribution in [-0.4, -0.2) is 32.2 Å². The van der Waals surface area contributed by atoms with E-state index in [9.17, 15) is 15.0 Å². The number of nitrogens with one attached hydrogen (secondary N) is 1. The molecule has 7 nitrogen and oxygen atoms in total. The van der Waals surface area contributed by atoms with Crippen molar-refractivity contribution in [3.05, 3.63) is 95.2 Å². The molecule has 0 amide bonds. The number of hydrogen-bond acceptors (Lipinski definition) is 6. The monoisotopic (exact) mass is 443 g/mol. The van der Waals surface area contributed by atoms with Gasteiger partial charge in [-0.2, -0.15) is 0 Å². The fourth-order valence-electron chi connectivity index (χ4n) is 3.55. The average Bonchev–Trinajstić information content (AvgIpc) is 3.12. The van der Waals surface area contributed by atoms with Crippen LogP contribution in [0.1, 0.15) is 28.3 Å². The number of aryl methyl sites for hydroxylation is 2. The number of carboxylic acid groups (broad SMARTS) is 1. The summed E-state index contributed by atoms with van der Waals surface area (Å²) in [6.45, 7) is 3.78. The minimum absolute atomic E-state index is 0.169. The number of phenolic OH excluding ortho intramolecular Hbond substituents is 1. The van der Waals surface area contributed by atoms with Gasteiger partial charge in [0, 0.05) is 18.4 Å². The maximum absolute atomic E-state index is 12.0. The second-order valence-corrected chi connectivity index (χ2v) is 7.95. The van der Waals surface area contributed by atoms with Crippen molar-refractivity contribution in [3.63, 3.8) is 0 Å². The number of nitrogens with zero attached hydrogens (tertiary/aromatic N) is 2. The highest BCUT2D eigenvalue weighted by atomic mass is 16.4. The summed E-state index contributed by atoms with van der Waals surface area (Å²) in [7, 11) is 0. The van der Waals surface area contributed by atoms with E-state index >= 15 is 0 Å². The lowest BCUT2D eigenvalue weighted by Crippen LogP contribution is -2.32. The highest BCUT2D eigenvalue weighted by molar-refractivity contribution is 5.77. The molecule has 4 rings (SSSR count). The number of aromatic hydroxyl groups is 1. The lowest BCUT2D eigenvalue weighted by Gasteiger charge is -2.17. The summed E-state index contributed by atoms with van der Waals surface area (Å²) < 4.78 is 5.69. The minimum Gasteiger partial charge on any atom is -0.508 e. The van der Waals surface area contributed by atoms with Crippen LogP contribution >= 0.6 is 0 Å². The average molecular weight is 444 g/mol. The molecule has 4 aromatic rings. The number of phenols is 1. The molecule has 1 atom stereocenters. The third kappa shape index (κ3) is 5.38. The van der Waals surface area contributed by atoms with Gasteiger partial charge in [0.1, 0.15) is 29.1 Å². The molecule has 0 aliphatic rings. The Morgan fingerprint density at radius 2 is 1.82 bits per heavy atom. The van der Waals surface area contributed by atoms with Crippen molar-refractivity contribution in [1.82, 2.24) is 9.97 Å². The predicted octanol–water partition coefficient (Wildman–Crippen LogP) is 4.76. The second-order valence-electron chi connectivity index (χ2n) is 7.95. The Labute approximate surface area is 191 Å². The molecule has 3 N–H and O–H groups in total. The highest BCUT2D eigenvalue weighted by Crippen LogP contribution is 2.24. The number of furan rings is 1. The van der Waals surface area contributed by atoms with E-state index in [2.05, 4.69) is 10.3 Å². The maximum Gasteiger partial charge on any atom is 0.326 e. The maximum atomic E-state index is 12.0.